The first-order valence-corrected chi connectivity index (χ1v) is 9.52. The van der Waals surface area contributed by atoms with Crippen molar-refractivity contribution in [3.8, 4) is 0 Å². The maximum atomic E-state index is 12.8. The first kappa shape index (κ1) is 19.0. The van der Waals surface area contributed by atoms with Crippen LogP contribution in [0.2, 0.25) is 0 Å². The van der Waals surface area contributed by atoms with Crippen LogP contribution in [0.15, 0.2) is 60.7 Å². The van der Waals surface area contributed by atoms with Crippen LogP contribution in [0.3, 0.4) is 0 Å². The van der Waals surface area contributed by atoms with Crippen molar-refractivity contribution in [2.45, 2.75) is 43.6 Å². The van der Waals surface area contributed by atoms with E-state index in [1.165, 1.54) is 5.56 Å². The third-order valence-corrected chi connectivity index (χ3v) is 5.46. The molecule has 0 spiro atoms. The third-order valence-electron chi connectivity index (χ3n) is 5.46. The van der Waals surface area contributed by atoms with E-state index in [0.717, 1.165) is 31.2 Å². The van der Waals surface area contributed by atoms with Gasteiger partial charge in [-0.2, -0.15) is 0 Å². The highest BCUT2D eigenvalue weighted by Gasteiger charge is 2.36. The van der Waals surface area contributed by atoms with Gasteiger partial charge < -0.3 is 16.4 Å². The first-order chi connectivity index (χ1) is 13.1. The molecule has 1 unspecified atom stereocenters. The Kier molecular flexibility index (Phi) is 6.12. The van der Waals surface area contributed by atoms with E-state index in [0.29, 0.717) is 13.0 Å². The van der Waals surface area contributed by atoms with Crippen LogP contribution in [-0.2, 0) is 16.6 Å². The van der Waals surface area contributed by atoms with Gasteiger partial charge >= 0.3 is 6.03 Å². The number of carbonyl (C=O) groups is 2. The summed E-state index contributed by atoms with van der Waals surface area (Å²) in [7, 11) is 0. The Hall–Kier alpha value is -2.82. The number of nitrogens with two attached hydrogens (primary N) is 1. The van der Waals surface area contributed by atoms with E-state index in [4.69, 9.17) is 5.73 Å². The molecule has 27 heavy (non-hydrogen) atoms. The van der Waals surface area contributed by atoms with Crippen LogP contribution in [-0.4, -0.2) is 24.5 Å². The second kappa shape index (κ2) is 8.71. The van der Waals surface area contributed by atoms with E-state index in [1.807, 2.05) is 48.5 Å². The number of carbonyl (C=O) groups excluding carboxylic acids is 2. The molecule has 2 aromatic rings. The maximum absolute atomic E-state index is 12.8. The van der Waals surface area contributed by atoms with E-state index >= 15 is 0 Å². The molecule has 0 radical (unpaired) electrons. The Bertz CT molecular complexity index is 756. The molecule has 1 aliphatic rings. The quantitative estimate of drug-likeness (QED) is 0.705. The first-order valence-electron chi connectivity index (χ1n) is 9.52. The van der Waals surface area contributed by atoms with Gasteiger partial charge in [0, 0.05) is 18.4 Å². The Balaban J connectivity index is 1.70. The second-order valence-corrected chi connectivity index (χ2v) is 7.32. The summed E-state index contributed by atoms with van der Waals surface area (Å²) >= 11 is 0. The molecule has 3 rings (SSSR count). The van der Waals surface area contributed by atoms with E-state index in [-0.39, 0.29) is 11.3 Å². The van der Waals surface area contributed by atoms with Crippen LogP contribution < -0.4 is 16.4 Å². The fraction of sp³-hybridized carbons (Fsp3) is 0.364. The molecule has 0 saturated heterocycles. The summed E-state index contributed by atoms with van der Waals surface area (Å²) in [5.41, 5.74) is 7.51. The van der Waals surface area contributed by atoms with Crippen molar-refractivity contribution in [2.24, 2.45) is 5.73 Å². The molecule has 0 bridgehead atoms. The van der Waals surface area contributed by atoms with Gasteiger partial charge in [0.15, 0.2) is 0 Å². The van der Waals surface area contributed by atoms with Crippen LogP contribution in [0.4, 0.5) is 4.79 Å². The number of hydrogen-bond donors (Lipinski definition) is 3. The zero-order valence-corrected chi connectivity index (χ0v) is 15.5. The van der Waals surface area contributed by atoms with Gasteiger partial charge in [-0.05, 0) is 24.0 Å². The molecule has 5 heteroatoms. The number of rotatable bonds is 7. The van der Waals surface area contributed by atoms with Gasteiger partial charge in [-0.3, -0.25) is 4.79 Å². The van der Waals surface area contributed by atoms with Crippen molar-refractivity contribution in [2.75, 3.05) is 6.54 Å². The molecule has 1 saturated carbocycles. The van der Waals surface area contributed by atoms with Gasteiger partial charge in [0.05, 0.1) is 0 Å². The van der Waals surface area contributed by atoms with Crippen LogP contribution in [0, 0.1) is 0 Å². The minimum Gasteiger partial charge on any atom is -0.353 e. The summed E-state index contributed by atoms with van der Waals surface area (Å²) in [5.74, 6) is -0.195. The van der Waals surface area contributed by atoms with Gasteiger partial charge in [-0.1, -0.05) is 73.5 Å². The standard InChI is InChI=1S/C22H27N3O2/c23-21(27)25-19(15-17-9-3-1-4-10-17)20(26)24-16-22(13-7-8-14-22)18-11-5-2-6-12-18/h1-6,9-12,19H,7-8,13-16H2,(H,24,26)(H3,23,25,27). The second-order valence-electron chi connectivity index (χ2n) is 7.32. The highest BCUT2D eigenvalue weighted by Crippen LogP contribution is 2.40. The molecular formula is C22H27N3O2. The summed E-state index contributed by atoms with van der Waals surface area (Å²) in [6.45, 7) is 0.571. The van der Waals surface area contributed by atoms with E-state index < -0.39 is 12.1 Å². The summed E-state index contributed by atoms with van der Waals surface area (Å²) in [5, 5.41) is 5.66. The predicted octanol–water partition coefficient (Wildman–Crippen LogP) is 2.89. The fourth-order valence-electron chi connectivity index (χ4n) is 4.02. The molecular weight excluding hydrogens is 338 g/mol. The number of benzene rings is 2. The number of primary amides is 1. The molecule has 0 aromatic heterocycles. The van der Waals surface area contributed by atoms with Gasteiger partial charge in [0.2, 0.25) is 5.91 Å². The summed E-state index contributed by atoms with van der Waals surface area (Å²) in [6, 6.07) is 18.6. The minimum absolute atomic E-state index is 0.0268. The highest BCUT2D eigenvalue weighted by atomic mass is 16.2. The van der Waals surface area contributed by atoms with Gasteiger partial charge in [0.25, 0.3) is 0 Å². The van der Waals surface area contributed by atoms with E-state index in [9.17, 15) is 9.59 Å². The molecule has 0 aliphatic heterocycles. The molecule has 1 atom stereocenters. The van der Waals surface area contributed by atoms with Crippen LogP contribution in [0.5, 0.6) is 0 Å². The zero-order valence-electron chi connectivity index (χ0n) is 15.5. The average Bonchev–Trinajstić information content (AvgIpc) is 3.17. The lowest BCUT2D eigenvalue weighted by atomic mass is 9.79. The molecule has 4 N–H and O–H groups in total. The average molecular weight is 365 g/mol. The summed E-state index contributed by atoms with van der Waals surface area (Å²) in [6.07, 6.45) is 4.86. The molecule has 3 amide bonds. The van der Waals surface area contributed by atoms with Crippen LogP contribution in [0.1, 0.15) is 36.8 Å². The lowest BCUT2D eigenvalue weighted by molar-refractivity contribution is -0.123. The van der Waals surface area contributed by atoms with E-state index in [1.54, 1.807) is 0 Å². The predicted molar refractivity (Wildman–Crippen MR) is 106 cm³/mol. The number of nitrogens with one attached hydrogen (secondary N) is 2. The Morgan fingerprint density at radius 3 is 2.15 bits per heavy atom. The normalized spacial score (nSPS) is 16.4. The molecule has 142 valence electrons. The van der Waals surface area contributed by atoms with Crippen molar-refractivity contribution in [1.29, 1.82) is 0 Å². The zero-order chi connectivity index (χ0) is 19.1. The van der Waals surface area contributed by atoms with Crippen molar-refractivity contribution >= 4 is 11.9 Å². The SMILES string of the molecule is NC(=O)NC(Cc1ccccc1)C(=O)NCC1(c2ccccc2)CCCC1. The summed E-state index contributed by atoms with van der Waals surface area (Å²) < 4.78 is 0. The van der Waals surface area contributed by atoms with Crippen molar-refractivity contribution in [1.82, 2.24) is 10.6 Å². The lowest BCUT2D eigenvalue weighted by Crippen LogP contribution is -2.52. The molecule has 5 nitrogen and oxygen atoms in total. The molecule has 0 heterocycles. The number of urea groups is 1. The largest absolute Gasteiger partial charge is 0.353 e. The van der Waals surface area contributed by atoms with Crippen molar-refractivity contribution < 1.29 is 9.59 Å². The van der Waals surface area contributed by atoms with Crippen molar-refractivity contribution in [3.05, 3.63) is 71.8 Å². The van der Waals surface area contributed by atoms with Gasteiger partial charge in [0.1, 0.15) is 6.04 Å². The Morgan fingerprint density at radius 1 is 0.963 bits per heavy atom. The Morgan fingerprint density at radius 2 is 1.56 bits per heavy atom. The smallest absolute Gasteiger partial charge is 0.312 e. The topological polar surface area (TPSA) is 84.2 Å². The van der Waals surface area contributed by atoms with Crippen LogP contribution >= 0.6 is 0 Å². The third kappa shape index (κ3) is 4.88. The fourth-order valence-corrected chi connectivity index (χ4v) is 4.02. The highest BCUT2D eigenvalue weighted by molar-refractivity contribution is 5.86. The monoisotopic (exact) mass is 365 g/mol. The lowest BCUT2D eigenvalue weighted by Gasteiger charge is -2.31. The Labute approximate surface area is 160 Å². The van der Waals surface area contributed by atoms with Crippen molar-refractivity contribution in [3.63, 3.8) is 0 Å². The number of hydrogen-bond acceptors (Lipinski definition) is 2. The van der Waals surface area contributed by atoms with E-state index in [2.05, 4.69) is 22.8 Å². The molecule has 2 aromatic carbocycles. The van der Waals surface area contributed by atoms with Crippen LogP contribution in [0.25, 0.3) is 0 Å². The van der Waals surface area contributed by atoms with Gasteiger partial charge in [-0.15, -0.1) is 0 Å². The minimum atomic E-state index is -0.690. The number of amides is 3. The summed E-state index contributed by atoms with van der Waals surface area (Å²) in [4.78, 5) is 24.2. The van der Waals surface area contributed by atoms with Gasteiger partial charge in [-0.25, -0.2) is 4.79 Å². The molecule has 1 fully saturated rings. The maximum Gasteiger partial charge on any atom is 0.312 e. The molecule has 1 aliphatic carbocycles.